The Kier molecular flexibility index (Phi) is 16.3. The molecule has 0 saturated carbocycles. The fourth-order valence-corrected chi connectivity index (χ4v) is 17.0. The van der Waals surface area contributed by atoms with E-state index in [4.69, 9.17) is 0 Å². The fourth-order valence-electron chi connectivity index (χ4n) is 9.83. The van der Waals surface area contributed by atoms with E-state index in [0.717, 1.165) is 112 Å². The van der Waals surface area contributed by atoms with E-state index in [1.807, 2.05) is 18.2 Å². The van der Waals surface area contributed by atoms with Crippen molar-refractivity contribution in [1.82, 2.24) is 0 Å². The van der Waals surface area contributed by atoms with E-state index in [2.05, 4.69) is 221 Å². The van der Waals surface area contributed by atoms with Crippen LogP contribution < -0.4 is 15.9 Å². The van der Waals surface area contributed by atoms with Gasteiger partial charge < -0.3 is 19.9 Å². The molecule has 8 heteroatoms. The van der Waals surface area contributed by atoms with Crippen molar-refractivity contribution in [3.8, 4) is 17.2 Å². The number of aromatic hydroxyl groups is 3. The molecular formula is C66H87O4PS3. The number of rotatable bonds is 9. The number of phenolic OH excluding ortho intramolecular Hbond substituents is 3. The van der Waals surface area contributed by atoms with Gasteiger partial charge in [0.25, 0.3) is 0 Å². The van der Waals surface area contributed by atoms with Crippen molar-refractivity contribution in [2.24, 2.45) is 0 Å². The number of hydrogen-bond acceptors (Lipinski definition) is 7. The molecule has 0 unspecified atom stereocenters. The lowest BCUT2D eigenvalue weighted by atomic mass is 9.86. The van der Waals surface area contributed by atoms with E-state index in [1.165, 1.54) is 0 Å². The SMILES string of the molecule is Cc1cc(O)c(C(C)(C)C)cc1Sc1cc(C(C)(C)C)c(P(=O)(c2cc(C)c(Sc3cc(C(C)(C)C)c(O)cc3C)cc2C(C)(C)C)c2cc(C)c(Sc3cc(C(C)(C)C)c(O)cc3C)cc2C(C)(C)C)cc1C. The van der Waals surface area contributed by atoms with Crippen LogP contribution in [0.1, 0.15) is 191 Å². The van der Waals surface area contributed by atoms with Gasteiger partial charge in [0, 0.05) is 62.0 Å². The van der Waals surface area contributed by atoms with Crippen molar-refractivity contribution < 1.29 is 19.9 Å². The molecule has 398 valence electrons. The minimum atomic E-state index is -3.83. The number of benzene rings is 6. The molecular weight excluding hydrogens is 984 g/mol. The first kappa shape index (κ1) is 59.2. The average molecular weight is 1070 g/mol. The van der Waals surface area contributed by atoms with Crippen molar-refractivity contribution in [2.75, 3.05) is 0 Å². The minimum absolute atomic E-state index is 0.250. The molecule has 4 nitrogen and oxygen atoms in total. The summed E-state index contributed by atoms with van der Waals surface area (Å²) in [6.45, 7) is 52.0. The first-order valence-corrected chi connectivity index (χ1v) is 30.3. The Morgan fingerprint density at radius 2 is 0.446 bits per heavy atom. The molecule has 0 amide bonds. The van der Waals surface area contributed by atoms with Crippen LogP contribution in [0, 0.1) is 41.5 Å². The summed E-state index contributed by atoms with van der Waals surface area (Å²) in [7, 11) is -3.83. The van der Waals surface area contributed by atoms with Crippen LogP contribution in [0.4, 0.5) is 0 Å². The summed E-state index contributed by atoms with van der Waals surface area (Å²) in [5.41, 5.74) is 9.97. The van der Waals surface area contributed by atoms with Gasteiger partial charge >= 0.3 is 0 Å². The second kappa shape index (κ2) is 20.4. The number of phenols is 3. The van der Waals surface area contributed by atoms with E-state index < -0.39 is 23.4 Å². The van der Waals surface area contributed by atoms with Crippen molar-refractivity contribution >= 4 is 58.3 Å². The molecule has 0 radical (unpaired) electrons. The van der Waals surface area contributed by atoms with Gasteiger partial charge in [-0.3, -0.25) is 0 Å². The number of aryl methyl sites for hydroxylation is 6. The van der Waals surface area contributed by atoms with Gasteiger partial charge in [-0.15, -0.1) is 0 Å². The van der Waals surface area contributed by atoms with Gasteiger partial charge in [0.2, 0.25) is 0 Å². The zero-order valence-electron chi connectivity index (χ0n) is 49.4. The van der Waals surface area contributed by atoms with Crippen LogP contribution in [-0.4, -0.2) is 15.3 Å². The molecule has 0 aliphatic heterocycles. The lowest BCUT2D eigenvalue weighted by molar-refractivity contribution is 0.444. The molecule has 0 bridgehead atoms. The molecule has 0 fully saturated rings. The van der Waals surface area contributed by atoms with E-state index in [0.29, 0.717) is 17.2 Å². The average Bonchev–Trinajstić information content (AvgIpc) is 3.22. The largest absolute Gasteiger partial charge is 0.508 e. The Hall–Kier alpha value is -4.00. The monoisotopic (exact) mass is 1070 g/mol. The van der Waals surface area contributed by atoms with Crippen LogP contribution in [-0.2, 0) is 37.1 Å². The van der Waals surface area contributed by atoms with Gasteiger partial charge in [-0.25, -0.2) is 0 Å². The highest BCUT2D eigenvalue weighted by atomic mass is 32.2. The summed E-state index contributed by atoms with van der Waals surface area (Å²) in [5.74, 6) is 0.937. The van der Waals surface area contributed by atoms with Crippen LogP contribution in [0.15, 0.2) is 102 Å². The first-order chi connectivity index (χ1) is 33.5. The molecule has 0 atom stereocenters. The highest BCUT2D eigenvalue weighted by molar-refractivity contribution is 8.00. The summed E-state index contributed by atoms with van der Waals surface area (Å²) >= 11 is 5.15. The summed E-state index contributed by atoms with van der Waals surface area (Å²) in [6.07, 6.45) is 0. The summed E-state index contributed by atoms with van der Waals surface area (Å²) in [6, 6.07) is 25.8. The van der Waals surface area contributed by atoms with Crippen molar-refractivity contribution in [2.45, 2.75) is 228 Å². The molecule has 6 aromatic rings. The Balaban J connectivity index is 1.74. The van der Waals surface area contributed by atoms with Gasteiger partial charge in [-0.05, 0) is 197 Å². The van der Waals surface area contributed by atoms with E-state index >= 15 is 4.57 Å². The molecule has 0 spiro atoms. The van der Waals surface area contributed by atoms with Gasteiger partial charge in [0.15, 0.2) is 7.14 Å². The molecule has 6 aromatic carbocycles. The highest BCUT2D eigenvalue weighted by Crippen LogP contribution is 2.54. The van der Waals surface area contributed by atoms with E-state index in [1.54, 1.807) is 35.3 Å². The van der Waals surface area contributed by atoms with Crippen LogP contribution in [0.25, 0.3) is 0 Å². The van der Waals surface area contributed by atoms with Crippen molar-refractivity contribution in [1.29, 1.82) is 0 Å². The Morgan fingerprint density at radius 3 is 0.622 bits per heavy atom. The quantitative estimate of drug-likeness (QED) is 0.125. The Labute approximate surface area is 460 Å². The molecule has 0 aliphatic rings. The second-order valence-electron chi connectivity index (χ2n) is 27.2. The first-order valence-electron chi connectivity index (χ1n) is 26.2. The molecule has 74 heavy (non-hydrogen) atoms. The van der Waals surface area contributed by atoms with Gasteiger partial charge in [0.05, 0.1) is 0 Å². The lowest BCUT2D eigenvalue weighted by Gasteiger charge is -2.36. The maximum Gasteiger partial charge on any atom is 0.171 e. The van der Waals surface area contributed by atoms with Crippen LogP contribution in [0.3, 0.4) is 0 Å². The van der Waals surface area contributed by atoms with Crippen LogP contribution in [0.2, 0.25) is 0 Å². The molecule has 3 N–H and O–H groups in total. The van der Waals surface area contributed by atoms with Crippen LogP contribution >= 0.6 is 42.4 Å². The zero-order chi connectivity index (χ0) is 56.0. The smallest absolute Gasteiger partial charge is 0.171 e. The molecule has 0 aliphatic carbocycles. The second-order valence-corrected chi connectivity index (χ2v) is 33.1. The minimum Gasteiger partial charge on any atom is -0.508 e. The summed E-state index contributed by atoms with van der Waals surface area (Å²) < 4.78 is 18.3. The van der Waals surface area contributed by atoms with Gasteiger partial charge in [-0.1, -0.05) is 160 Å². The van der Waals surface area contributed by atoms with Gasteiger partial charge in [0.1, 0.15) is 17.2 Å². The third kappa shape index (κ3) is 12.2. The summed E-state index contributed by atoms with van der Waals surface area (Å²) in [4.78, 5) is 6.53. The van der Waals surface area contributed by atoms with E-state index in [-0.39, 0.29) is 16.2 Å². The standard InChI is InChI=1S/C66H87O4PS3/c1-37-25-49(67)43(61(7,8)9)31-55(37)72-58-34-46(64(16,17)18)52(28-40(58)4)71(70,53-29-41(5)59(35-47(53)65(19,20)21)73-56-32-44(62(10,11)12)50(68)26-38(56)2)54-30-42(6)60(36-48(54)66(22,23)24)74-57-33-45(63(13,14)15)51(69)27-39(57)3/h25-36,67-69H,1-24H3. The maximum atomic E-state index is 18.3. The molecule has 0 heterocycles. The molecule has 6 rings (SSSR count). The maximum absolute atomic E-state index is 18.3. The predicted molar refractivity (Wildman–Crippen MR) is 323 cm³/mol. The van der Waals surface area contributed by atoms with Crippen molar-refractivity contribution in [3.05, 3.63) is 140 Å². The topological polar surface area (TPSA) is 77.8 Å². The van der Waals surface area contributed by atoms with Crippen molar-refractivity contribution in [3.63, 3.8) is 0 Å². The summed E-state index contributed by atoms with van der Waals surface area (Å²) in [5, 5.41) is 35.9. The number of hydrogen-bond donors (Lipinski definition) is 3. The highest BCUT2D eigenvalue weighted by Gasteiger charge is 2.43. The zero-order valence-corrected chi connectivity index (χ0v) is 52.7. The lowest BCUT2D eigenvalue weighted by Crippen LogP contribution is -2.38. The molecule has 0 aromatic heterocycles. The third-order valence-corrected chi connectivity index (χ3v) is 21.4. The van der Waals surface area contributed by atoms with Crippen LogP contribution in [0.5, 0.6) is 17.2 Å². The molecule has 0 saturated heterocycles. The van der Waals surface area contributed by atoms with E-state index in [9.17, 15) is 15.3 Å². The Bertz CT molecular complexity index is 2870. The van der Waals surface area contributed by atoms with Gasteiger partial charge in [-0.2, -0.15) is 0 Å². The predicted octanol–water partition coefficient (Wildman–Crippen LogP) is 18.5. The fraction of sp³-hybridized carbons (Fsp3) is 0.455. The third-order valence-electron chi connectivity index (χ3n) is 14.3. The Morgan fingerprint density at radius 1 is 0.284 bits per heavy atom. The normalized spacial score (nSPS) is 13.2.